The predicted octanol–water partition coefficient (Wildman–Crippen LogP) is 1.58. The monoisotopic (exact) mass is 245 g/mol. The third-order valence-corrected chi connectivity index (χ3v) is 2.82. The molecule has 3 unspecified atom stereocenters. The number of hydrogen-bond acceptors (Lipinski definition) is 4. The van der Waals surface area contributed by atoms with Gasteiger partial charge in [-0.05, 0) is 33.7 Å². The standard InChI is InChI=1S/C13H27NO3/c1-6-14-10-9-11(17-13(2,3)4)12(10)16-8-7-15-5/h10-12,14H,6-9H2,1-5H3. The molecular weight excluding hydrogens is 218 g/mol. The number of methoxy groups -OCH3 is 1. The lowest BCUT2D eigenvalue weighted by Gasteiger charge is -2.46. The lowest BCUT2D eigenvalue weighted by Crippen LogP contribution is -2.61. The van der Waals surface area contributed by atoms with Crippen molar-refractivity contribution in [1.29, 1.82) is 0 Å². The molecule has 0 spiro atoms. The summed E-state index contributed by atoms with van der Waals surface area (Å²) < 4.78 is 16.8. The molecule has 0 saturated heterocycles. The van der Waals surface area contributed by atoms with Crippen LogP contribution in [0.5, 0.6) is 0 Å². The minimum absolute atomic E-state index is 0.106. The van der Waals surface area contributed by atoms with E-state index in [2.05, 4.69) is 33.0 Å². The zero-order valence-corrected chi connectivity index (χ0v) is 11.8. The Kier molecular flexibility index (Phi) is 5.86. The molecule has 4 nitrogen and oxygen atoms in total. The normalized spacial score (nSPS) is 29.1. The molecule has 0 aromatic rings. The van der Waals surface area contributed by atoms with Gasteiger partial charge in [0, 0.05) is 13.2 Å². The van der Waals surface area contributed by atoms with Gasteiger partial charge < -0.3 is 19.5 Å². The van der Waals surface area contributed by atoms with Crippen LogP contribution in [0.1, 0.15) is 34.1 Å². The SMILES string of the molecule is CCNC1CC(OC(C)(C)C)C1OCCOC. The first-order valence-corrected chi connectivity index (χ1v) is 6.49. The van der Waals surface area contributed by atoms with Gasteiger partial charge in [-0.15, -0.1) is 0 Å². The minimum Gasteiger partial charge on any atom is -0.382 e. The summed E-state index contributed by atoms with van der Waals surface area (Å²) in [7, 11) is 1.69. The minimum atomic E-state index is -0.106. The summed E-state index contributed by atoms with van der Waals surface area (Å²) in [6, 6.07) is 0.421. The summed E-state index contributed by atoms with van der Waals surface area (Å²) in [5.74, 6) is 0. The van der Waals surface area contributed by atoms with Crippen molar-refractivity contribution in [3.05, 3.63) is 0 Å². The van der Waals surface area contributed by atoms with E-state index in [0.29, 0.717) is 19.3 Å². The maximum absolute atomic E-state index is 5.99. The van der Waals surface area contributed by atoms with Crippen LogP contribution in [-0.2, 0) is 14.2 Å². The van der Waals surface area contributed by atoms with Gasteiger partial charge in [0.15, 0.2) is 0 Å². The van der Waals surface area contributed by atoms with Gasteiger partial charge in [-0.25, -0.2) is 0 Å². The molecule has 3 atom stereocenters. The molecular formula is C13H27NO3. The lowest BCUT2D eigenvalue weighted by molar-refractivity contribution is -0.189. The largest absolute Gasteiger partial charge is 0.382 e. The zero-order valence-electron chi connectivity index (χ0n) is 11.8. The Morgan fingerprint density at radius 2 is 1.94 bits per heavy atom. The Morgan fingerprint density at radius 1 is 1.24 bits per heavy atom. The Morgan fingerprint density at radius 3 is 2.47 bits per heavy atom. The van der Waals surface area contributed by atoms with Crippen molar-refractivity contribution in [2.75, 3.05) is 26.9 Å². The number of ether oxygens (including phenoxy) is 3. The molecule has 0 aromatic carbocycles. The Bertz CT molecular complexity index is 215. The van der Waals surface area contributed by atoms with E-state index in [1.165, 1.54) is 0 Å². The maximum Gasteiger partial charge on any atom is 0.0992 e. The first-order valence-electron chi connectivity index (χ1n) is 6.49. The molecule has 1 aliphatic carbocycles. The summed E-state index contributed by atoms with van der Waals surface area (Å²) >= 11 is 0. The van der Waals surface area contributed by atoms with Crippen LogP contribution < -0.4 is 5.32 Å². The fourth-order valence-electron chi connectivity index (χ4n) is 2.10. The summed E-state index contributed by atoms with van der Waals surface area (Å²) in [5, 5.41) is 3.43. The van der Waals surface area contributed by atoms with Gasteiger partial charge in [-0.3, -0.25) is 0 Å². The van der Waals surface area contributed by atoms with Crippen molar-refractivity contribution in [3.8, 4) is 0 Å². The van der Waals surface area contributed by atoms with Gasteiger partial charge >= 0.3 is 0 Å². The molecule has 0 aromatic heterocycles. The van der Waals surface area contributed by atoms with E-state index in [-0.39, 0.29) is 17.8 Å². The molecule has 1 N–H and O–H groups in total. The average Bonchev–Trinajstić information content (AvgIpc) is 2.21. The second-order valence-electron chi connectivity index (χ2n) is 5.50. The van der Waals surface area contributed by atoms with Crippen molar-refractivity contribution >= 4 is 0 Å². The van der Waals surface area contributed by atoms with E-state index in [0.717, 1.165) is 13.0 Å². The smallest absolute Gasteiger partial charge is 0.0992 e. The lowest BCUT2D eigenvalue weighted by atomic mass is 9.84. The average molecular weight is 245 g/mol. The van der Waals surface area contributed by atoms with Crippen molar-refractivity contribution in [2.45, 2.75) is 58.0 Å². The topological polar surface area (TPSA) is 39.7 Å². The highest BCUT2D eigenvalue weighted by Gasteiger charge is 2.44. The number of hydrogen-bond donors (Lipinski definition) is 1. The van der Waals surface area contributed by atoms with Crippen LogP contribution in [0, 0.1) is 0 Å². The maximum atomic E-state index is 5.99. The van der Waals surface area contributed by atoms with Gasteiger partial charge in [0.25, 0.3) is 0 Å². The van der Waals surface area contributed by atoms with Crippen molar-refractivity contribution in [1.82, 2.24) is 5.32 Å². The summed E-state index contributed by atoms with van der Waals surface area (Å²) in [4.78, 5) is 0. The van der Waals surface area contributed by atoms with Gasteiger partial charge in [-0.1, -0.05) is 6.92 Å². The van der Waals surface area contributed by atoms with Crippen LogP contribution in [0.25, 0.3) is 0 Å². The molecule has 0 bridgehead atoms. The first kappa shape index (κ1) is 14.9. The third kappa shape index (κ3) is 4.92. The number of nitrogens with one attached hydrogen (secondary N) is 1. The van der Waals surface area contributed by atoms with Crippen molar-refractivity contribution < 1.29 is 14.2 Å². The van der Waals surface area contributed by atoms with Gasteiger partial charge in [0.2, 0.25) is 0 Å². The molecule has 1 fully saturated rings. The quantitative estimate of drug-likeness (QED) is 0.691. The van der Waals surface area contributed by atoms with Crippen LogP contribution >= 0.6 is 0 Å². The van der Waals surface area contributed by atoms with Gasteiger partial charge in [0.1, 0.15) is 0 Å². The fraction of sp³-hybridized carbons (Fsp3) is 1.00. The van der Waals surface area contributed by atoms with E-state index in [1.54, 1.807) is 7.11 Å². The highest BCUT2D eigenvalue weighted by molar-refractivity contribution is 4.98. The number of likely N-dealkylation sites (N-methyl/N-ethyl adjacent to an activating group) is 1. The molecule has 0 heterocycles. The third-order valence-electron chi connectivity index (χ3n) is 2.82. The Labute approximate surface area is 105 Å². The van der Waals surface area contributed by atoms with E-state index >= 15 is 0 Å². The molecule has 1 rings (SSSR count). The van der Waals surface area contributed by atoms with Crippen molar-refractivity contribution in [2.24, 2.45) is 0 Å². The fourth-order valence-corrected chi connectivity index (χ4v) is 2.10. The highest BCUT2D eigenvalue weighted by Crippen LogP contribution is 2.30. The van der Waals surface area contributed by atoms with E-state index < -0.39 is 0 Å². The first-order chi connectivity index (χ1) is 7.98. The summed E-state index contributed by atoms with van der Waals surface area (Å²) in [5.41, 5.74) is -0.106. The molecule has 1 aliphatic rings. The molecule has 4 heteroatoms. The second-order valence-corrected chi connectivity index (χ2v) is 5.50. The molecule has 1 saturated carbocycles. The molecule has 17 heavy (non-hydrogen) atoms. The van der Waals surface area contributed by atoms with Gasteiger partial charge in [0.05, 0.1) is 31.0 Å². The van der Waals surface area contributed by atoms with E-state index in [1.807, 2.05) is 0 Å². The summed E-state index contributed by atoms with van der Waals surface area (Å²) in [6.45, 7) is 10.6. The number of rotatable bonds is 7. The van der Waals surface area contributed by atoms with Crippen molar-refractivity contribution in [3.63, 3.8) is 0 Å². The van der Waals surface area contributed by atoms with Crippen LogP contribution in [0.2, 0.25) is 0 Å². The molecule has 0 amide bonds. The molecule has 0 aliphatic heterocycles. The second kappa shape index (κ2) is 6.69. The van der Waals surface area contributed by atoms with Crippen LogP contribution in [-0.4, -0.2) is 50.7 Å². The van der Waals surface area contributed by atoms with E-state index in [9.17, 15) is 0 Å². The van der Waals surface area contributed by atoms with Gasteiger partial charge in [-0.2, -0.15) is 0 Å². The molecule has 102 valence electrons. The van der Waals surface area contributed by atoms with E-state index in [4.69, 9.17) is 14.2 Å². The summed E-state index contributed by atoms with van der Waals surface area (Å²) in [6.07, 6.45) is 1.39. The van der Waals surface area contributed by atoms with Crippen LogP contribution in [0.15, 0.2) is 0 Å². The Balaban J connectivity index is 2.38. The zero-order chi connectivity index (χ0) is 12.9. The van der Waals surface area contributed by atoms with Crippen LogP contribution in [0.4, 0.5) is 0 Å². The Hall–Kier alpha value is -0.160. The van der Waals surface area contributed by atoms with Crippen LogP contribution in [0.3, 0.4) is 0 Å². The predicted molar refractivity (Wildman–Crippen MR) is 68.3 cm³/mol. The molecule has 0 radical (unpaired) electrons. The highest BCUT2D eigenvalue weighted by atomic mass is 16.6.